The molecule has 4 heterocycles. The molecule has 0 amide bonds. The number of benzene rings is 5. The lowest BCUT2D eigenvalue weighted by Crippen LogP contribution is -2.65. The van der Waals surface area contributed by atoms with Gasteiger partial charge in [0, 0.05) is 28.1 Å². The maximum Gasteiger partial charge on any atom is 0.396 e. The molecule has 0 N–H and O–H groups in total. The van der Waals surface area contributed by atoms with Gasteiger partial charge in [-0.15, -0.1) is 0 Å². The number of fused-ring (bicyclic) bond motifs is 6. The first kappa shape index (κ1) is 28.1. The van der Waals surface area contributed by atoms with E-state index in [4.69, 9.17) is 15.0 Å². The van der Waals surface area contributed by atoms with Crippen molar-refractivity contribution in [2.24, 2.45) is 0 Å². The fourth-order valence-corrected chi connectivity index (χ4v) is 6.90. The SMILES string of the molecule is C1=CB2c3cc(-c4ccccc4)ccc3N3C=CC(c4nc(-c5ccccc5)nc(-c5ccccc5)n4)=CB3N2C(c2ccccc2)=C1. The Bertz CT molecular complexity index is 2190. The second-order valence-corrected chi connectivity index (χ2v) is 12.1. The quantitative estimate of drug-likeness (QED) is 0.185. The van der Waals surface area contributed by atoms with Crippen molar-refractivity contribution in [3.8, 4) is 33.9 Å². The number of hydrogen-bond acceptors (Lipinski definition) is 5. The summed E-state index contributed by atoms with van der Waals surface area (Å²) in [5.74, 6) is 6.57. The van der Waals surface area contributed by atoms with E-state index < -0.39 is 0 Å². The van der Waals surface area contributed by atoms with Gasteiger partial charge < -0.3 is 9.53 Å². The van der Waals surface area contributed by atoms with Crippen molar-refractivity contribution in [2.75, 3.05) is 4.81 Å². The van der Waals surface area contributed by atoms with Gasteiger partial charge in [0.25, 0.3) is 0 Å². The molecular formula is C41H29B2N5. The number of nitrogens with zero attached hydrogens (tertiary/aromatic N) is 5. The highest BCUT2D eigenvalue weighted by Gasteiger charge is 2.45. The van der Waals surface area contributed by atoms with E-state index in [9.17, 15) is 0 Å². The van der Waals surface area contributed by atoms with Crippen molar-refractivity contribution in [3.05, 3.63) is 187 Å². The van der Waals surface area contributed by atoms with Crippen molar-refractivity contribution in [1.82, 2.24) is 19.7 Å². The normalized spacial score (nSPS) is 14.6. The maximum absolute atomic E-state index is 5.05. The largest absolute Gasteiger partial charge is 0.430 e. The topological polar surface area (TPSA) is 45.2 Å². The van der Waals surface area contributed by atoms with Crippen LogP contribution >= 0.6 is 0 Å². The molecule has 0 bridgehead atoms. The van der Waals surface area contributed by atoms with E-state index in [0.29, 0.717) is 17.5 Å². The smallest absolute Gasteiger partial charge is 0.396 e. The Morgan fingerprint density at radius 1 is 0.521 bits per heavy atom. The highest BCUT2D eigenvalue weighted by atomic mass is 15.2. The molecule has 6 aromatic rings. The van der Waals surface area contributed by atoms with Gasteiger partial charge in [-0.3, -0.25) is 0 Å². The molecule has 5 nitrogen and oxygen atoms in total. The summed E-state index contributed by atoms with van der Waals surface area (Å²) in [6.45, 7) is -0.0779. The van der Waals surface area contributed by atoms with E-state index in [0.717, 1.165) is 16.7 Å². The highest BCUT2D eigenvalue weighted by Crippen LogP contribution is 2.37. The molecule has 1 aromatic heterocycles. The molecule has 3 aliphatic heterocycles. The van der Waals surface area contributed by atoms with Gasteiger partial charge in [-0.2, -0.15) is 0 Å². The molecule has 0 aliphatic carbocycles. The number of aromatic nitrogens is 3. The molecule has 0 radical (unpaired) electrons. The fourth-order valence-electron chi connectivity index (χ4n) is 6.90. The van der Waals surface area contributed by atoms with Crippen LogP contribution in [0.1, 0.15) is 11.4 Å². The highest BCUT2D eigenvalue weighted by molar-refractivity contribution is 6.92. The third-order valence-electron chi connectivity index (χ3n) is 9.20. The second-order valence-electron chi connectivity index (χ2n) is 12.1. The number of rotatable bonds is 5. The molecule has 9 rings (SSSR count). The minimum atomic E-state index is -0.112. The predicted octanol–water partition coefficient (Wildman–Crippen LogP) is 7.98. The van der Waals surface area contributed by atoms with E-state index in [-0.39, 0.29) is 13.8 Å². The summed E-state index contributed by atoms with van der Waals surface area (Å²) >= 11 is 0. The standard InChI is InChI=1S/C41H29B2N5/c1-5-14-30(15-6-1)34-23-24-38-36(28-34)42-26-13-22-37(31-16-7-2-8-17-31)48(42)43-29-35(25-27-47(38)43)41-45-39(32-18-9-3-10-19-32)44-40(46-41)33-20-11-4-12-21-33/h1-29H. The average Bonchev–Trinajstić information content (AvgIpc) is 3.18. The fraction of sp³-hybridized carbons (Fsp3) is 0. The molecule has 0 saturated carbocycles. The summed E-state index contributed by atoms with van der Waals surface area (Å²) in [4.78, 5) is 17.4. The van der Waals surface area contributed by atoms with E-state index in [1.165, 1.54) is 33.5 Å². The zero-order valence-electron chi connectivity index (χ0n) is 26.1. The Morgan fingerprint density at radius 2 is 1.08 bits per heavy atom. The third-order valence-corrected chi connectivity index (χ3v) is 9.20. The molecule has 0 spiro atoms. The Kier molecular flexibility index (Phi) is 6.94. The van der Waals surface area contributed by atoms with Gasteiger partial charge >= 0.3 is 13.8 Å². The number of allylic oxidation sites excluding steroid dienone is 4. The first-order chi connectivity index (χ1) is 23.8. The number of hydrogen-bond donors (Lipinski definition) is 0. The lowest BCUT2D eigenvalue weighted by Gasteiger charge is -2.48. The molecule has 48 heavy (non-hydrogen) atoms. The zero-order chi connectivity index (χ0) is 31.9. The maximum atomic E-state index is 5.05. The van der Waals surface area contributed by atoms with Crippen molar-refractivity contribution < 1.29 is 0 Å². The van der Waals surface area contributed by atoms with Crippen LogP contribution < -0.4 is 10.3 Å². The first-order valence-electron chi connectivity index (χ1n) is 16.3. The monoisotopic (exact) mass is 613 g/mol. The zero-order valence-corrected chi connectivity index (χ0v) is 26.1. The van der Waals surface area contributed by atoms with Crippen LogP contribution in [-0.4, -0.2) is 33.5 Å². The molecule has 3 aliphatic rings. The van der Waals surface area contributed by atoms with Crippen molar-refractivity contribution >= 4 is 36.3 Å². The Hall–Kier alpha value is -6.20. The van der Waals surface area contributed by atoms with Crippen molar-refractivity contribution in [3.63, 3.8) is 0 Å². The molecule has 0 saturated heterocycles. The van der Waals surface area contributed by atoms with Crippen LogP contribution in [0.2, 0.25) is 0 Å². The summed E-state index contributed by atoms with van der Waals surface area (Å²) < 4.78 is 2.52. The minimum Gasteiger partial charge on any atom is -0.430 e. The van der Waals surface area contributed by atoms with E-state index in [1.807, 2.05) is 60.7 Å². The number of anilines is 1. The van der Waals surface area contributed by atoms with Crippen LogP contribution in [0.25, 0.3) is 45.2 Å². The van der Waals surface area contributed by atoms with Gasteiger partial charge in [0.05, 0.1) is 0 Å². The lowest BCUT2D eigenvalue weighted by molar-refractivity contribution is 0.908. The van der Waals surface area contributed by atoms with Crippen LogP contribution in [-0.2, 0) is 0 Å². The summed E-state index contributed by atoms with van der Waals surface area (Å²) in [5.41, 5.74) is 10.1. The summed E-state index contributed by atoms with van der Waals surface area (Å²) in [6.07, 6.45) is 8.75. The Morgan fingerprint density at radius 3 is 1.71 bits per heavy atom. The van der Waals surface area contributed by atoms with Crippen LogP contribution in [0.3, 0.4) is 0 Å². The third kappa shape index (κ3) is 4.97. The predicted molar refractivity (Wildman–Crippen MR) is 199 cm³/mol. The lowest BCUT2D eigenvalue weighted by atomic mass is 9.42. The Balaban J connectivity index is 1.20. The van der Waals surface area contributed by atoms with Crippen molar-refractivity contribution in [2.45, 2.75) is 0 Å². The van der Waals surface area contributed by atoms with Crippen LogP contribution in [0.5, 0.6) is 0 Å². The summed E-state index contributed by atoms with van der Waals surface area (Å²) in [7, 11) is 0. The average molecular weight is 613 g/mol. The second kappa shape index (κ2) is 11.9. The molecule has 0 atom stereocenters. The molecule has 0 fully saturated rings. The van der Waals surface area contributed by atoms with Gasteiger partial charge in [0.15, 0.2) is 17.5 Å². The van der Waals surface area contributed by atoms with Gasteiger partial charge in [-0.25, -0.2) is 15.0 Å². The van der Waals surface area contributed by atoms with E-state index >= 15 is 0 Å². The van der Waals surface area contributed by atoms with Crippen LogP contribution in [0, 0.1) is 0 Å². The van der Waals surface area contributed by atoms with Gasteiger partial charge in [-0.05, 0) is 46.6 Å². The van der Waals surface area contributed by atoms with E-state index in [1.54, 1.807) is 0 Å². The van der Waals surface area contributed by atoms with Gasteiger partial charge in [0.1, 0.15) is 0 Å². The molecule has 5 aromatic carbocycles. The van der Waals surface area contributed by atoms with Crippen LogP contribution in [0.4, 0.5) is 5.69 Å². The molecule has 0 unspecified atom stereocenters. The molecule has 224 valence electrons. The molecular weight excluding hydrogens is 584 g/mol. The van der Waals surface area contributed by atoms with Gasteiger partial charge in [-0.1, -0.05) is 151 Å². The van der Waals surface area contributed by atoms with Crippen molar-refractivity contribution in [1.29, 1.82) is 0 Å². The summed E-state index contributed by atoms with van der Waals surface area (Å²) in [5, 5.41) is 0. The van der Waals surface area contributed by atoms with Crippen LogP contribution in [0.15, 0.2) is 176 Å². The minimum absolute atomic E-state index is 0.0345. The van der Waals surface area contributed by atoms with E-state index in [2.05, 4.69) is 125 Å². The molecule has 7 heteroatoms. The Labute approximate surface area is 281 Å². The van der Waals surface area contributed by atoms with Gasteiger partial charge in [0.2, 0.25) is 0 Å². The summed E-state index contributed by atoms with van der Waals surface area (Å²) in [6, 6.07) is 48.4. The first-order valence-corrected chi connectivity index (χ1v) is 16.3.